The second-order valence-corrected chi connectivity index (χ2v) is 6.74. The van der Waals surface area contributed by atoms with Crippen LogP contribution in [-0.4, -0.2) is 35.8 Å². The average molecular weight is 254 g/mol. The van der Waals surface area contributed by atoms with Gasteiger partial charge in [0.2, 0.25) is 0 Å². The normalized spacial score (nSPS) is 34.0. The van der Waals surface area contributed by atoms with Crippen molar-refractivity contribution in [3.05, 3.63) is 0 Å². The Labute approximate surface area is 108 Å². The van der Waals surface area contributed by atoms with Crippen molar-refractivity contribution in [1.29, 1.82) is 5.26 Å². The lowest BCUT2D eigenvalue weighted by Crippen LogP contribution is -2.49. The highest BCUT2D eigenvalue weighted by Gasteiger charge is 2.37. The molecule has 1 saturated heterocycles. The molecule has 1 N–H and O–H groups in total. The summed E-state index contributed by atoms with van der Waals surface area (Å²) in [4.78, 5) is 0. The topological polar surface area (TPSA) is 45.0 Å². The van der Waals surface area contributed by atoms with Crippen LogP contribution in [0.5, 0.6) is 0 Å². The summed E-state index contributed by atoms with van der Waals surface area (Å²) in [6.45, 7) is 4.92. The van der Waals surface area contributed by atoms with Crippen LogP contribution in [0.25, 0.3) is 0 Å². The molecular weight excluding hydrogens is 232 g/mol. The van der Waals surface area contributed by atoms with E-state index in [9.17, 15) is 5.26 Å². The van der Waals surface area contributed by atoms with Crippen LogP contribution in [0.2, 0.25) is 0 Å². The summed E-state index contributed by atoms with van der Waals surface area (Å²) in [5.41, 5.74) is -0.253. The van der Waals surface area contributed by atoms with Crippen molar-refractivity contribution in [3.8, 4) is 6.07 Å². The molecule has 0 bridgehead atoms. The van der Waals surface area contributed by atoms with Crippen LogP contribution in [0.15, 0.2) is 0 Å². The Kier molecular flexibility index (Phi) is 4.72. The van der Waals surface area contributed by atoms with Gasteiger partial charge in [-0.05, 0) is 38.6 Å². The van der Waals surface area contributed by atoms with Crippen LogP contribution in [0, 0.1) is 11.3 Å². The third-order valence-electron chi connectivity index (χ3n) is 3.63. The number of nitrogens with zero attached hydrogens (tertiary/aromatic N) is 1. The van der Waals surface area contributed by atoms with E-state index in [2.05, 4.69) is 18.3 Å². The summed E-state index contributed by atoms with van der Waals surface area (Å²) in [5, 5.41) is 14.2. The first kappa shape index (κ1) is 13.2. The quantitative estimate of drug-likeness (QED) is 0.818. The monoisotopic (exact) mass is 254 g/mol. The molecule has 2 atom stereocenters. The van der Waals surface area contributed by atoms with Crippen molar-refractivity contribution in [2.45, 2.75) is 55.1 Å². The number of hydrogen-bond donors (Lipinski definition) is 1. The number of nitriles is 1. The summed E-state index contributed by atoms with van der Waals surface area (Å²) in [7, 11) is 0. The lowest BCUT2D eigenvalue weighted by molar-refractivity contribution is 0.0451. The first-order chi connectivity index (χ1) is 8.28. The van der Waals surface area contributed by atoms with Gasteiger partial charge in [0.05, 0.1) is 24.5 Å². The summed E-state index contributed by atoms with van der Waals surface area (Å²) in [5.74, 6) is 0. The fraction of sp³-hybridized carbons (Fsp3) is 0.923. The van der Waals surface area contributed by atoms with Crippen molar-refractivity contribution < 1.29 is 4.74 Å². The lowest BCUT2D eigenvalue weighted by atomic mass is 9.82. The van der Waals surface area contributed by atoms with E-state index in [0.29, 0.717) is 10.5 Å². The minimum absolute atomic E-state index is 0.253. The highest BCUT2D eigenvalue weighted by atomic mass is 32.2. The SMILES string of the molecule is CCCNC1(C#N)CCCC(SC2COC2)C1. The van der Waals surface area contributed by atoms with Crippen molar-refractivity contribution >= 4 is 11.8 Å². The van der Waals surface area contributed by atoms with Crippen molar-refractivity contribution in [2.24, 2.45) is 0 Å². The molecule has 1 aliphatic heterocycles. The van der Waals surface area contributed by atoms with E-state index in [1.807, 2.05) is 11.8 Å². The fourth-order valence-corrected chi connectivity index (χ4v) is 4.15. The number of nitrogens with one attached hydrogen (secondary N) is 1. The summed E-state index contributed by atoms with van der Waals surface area (Å²) >= 11 is 2.04. The van der Waals surface area contributed by atoms with E-state index in [4.69, 9.17) is 4.74 Å². The zero-order chi connectivity index (χ0) is 12.1. The molecule has 0 aromatic heterocycles. The number of hydrogen-bond acceptors (Lipinski definition) is 4. The Hall–Kier alpha value is -0.240. The minimum Gasteiger partial charge on any atom is -0.379 e. The molecule has 0 spiro atoms. The van der Waals surface area contributed by atoms with Crippen molar-refractivity contribution in [3.63, 3.8) is 0 Å². The minimum atomic E-state index is -0.253. The number of ether oxygens (including phenoxy) is 1. The van der Waals surface area contributed by atoms with Crippen LogP contribution in [0.3, 0.4) is 0 Å². The molecule has 1 aliphatic carbocycles. The molecule has 0 radical (unpaired) electrons. The second-order valence-electron chi connectivity index (χ2n) is 5.13. The first-order valence-electron chi connectivity index (χ1n) is 6.67. The third kappa shape index (κ3) is 3.37. The molecule has 3 nitrogen and oxygen atoms in total. The molecule has 0 aromatic rings. The van der Waals surface area contributed by atoms with Crippen molar-refractivity contribution in [1.82, 2.24) is 5.32 Å². The molecule has 0 aromatic carbocycles. The van der Waals surface area contributed by atoms with Crippen LogP contribution < -0.4 is 5.32 Å². The number of rotatable bonds is 5. The molecule has 4 heteroatoms. The van der Waals surface area contributed by atoms with E-state index < -0.39 is 0 Å². The largest absolute Gasteiger partial charge is 0.379 e. The van der Waals surface area contributed by atoms with Gasteiger partial charge in [-0.25, -0.2) is 0 Å². The Bertz CT molecular complexity index is 288. The molecule has 96 valence electrons. The average Bonchev–Trinajstić information content (AvgIpc) is 2.32. The van der Waals surface area contributed by atoms with E-state index >= 15 is 0 Å². The molecule has 2 rings (SSSR count). The van der Waals surface area contributed by atoms with Gasteiger partial charge in [-0.1, -0.05) is 6.92 Å². The van der Waals surface area contributed by atoms with Crippen molar-refractivity contribution in [2.75, 3.05) is 19.8 Å². The van der Waals surface area contributed by atoms with Gasteiger partial charge in [-0.3, -0.25) is 5.32 Å². The Morgan fingerprint density at radius 3 is 2.88 bits per heavy atom. The zero-order valence-corrected chi connectivity index (χ0v) is 11.4. The van der Waals surface area contributed by atoms with Crippen LogP contribution in [0.4, 0.5) is 0 Å². The lowest BCUT2D eigenvalue weighted by Gasteiger charge is -2.38. The second kappa shape index (κ2) is 6.08. The molecule has 0 amide bonds. The van der Waals surface area contributed by atoms with Gasteiger partial charge in [-0.2, -0.15) is 17.0 Å². The Morgan fingerprint density at radius 1 is 1.47 bits per heavy atom. The van der Waals surface area contributed by atoms with Gasteiger partial charge in [0, 0.05) is 5.25 Å². The standard InChI is InChI=1S/C13H22N2OS/c1-2-6-15-13(10-14)5-3-4-11(7-13)17-12-8-16-9-12/h11-12,15H,2-9H2,1H3. The zero-order valence-electron chi connectivity index (χ0n) is 10.6. The Morgan fingerprint density at radius 2 is 2.29 bits per heavy atom. The predicted octanol–water partition coefficient (Wildman–Crippen LogP) is 2.32. The first-order valence-corrected chi connectivity index (χ1v) is 7.62. The van der Waals surface area contributed by atoms with Crippen LogP contribution in [-0.2, 0) is 4.74 Å². The van der Waals surface area contributed by atoms with Gasteiger partial charge in [0.1, 0.15) is 5.54 Å². The van der Waals surface area contributed by atoms with E-state index in [0.717, 1.165) is 39.0 Å². The highest BCUT2D eigenvalue weighted by molar-refractivity contribution is 8.00. The van der Waals surface area contributed by atoms with E-state index in [1.165, 1.54) is 12.8 Å². The summed E-state index contributed by atoms with van der Waals surface area (Å²) in [6, 6.07) is 2.54. The smallest absolute Gasteiger partial charge is 0.107 e. The van der Waals surface area contributed by atoms with E-state index in [1.54, 1.807) is 0 Å². The van der Waals surface area contributed by atoms with Gasteiger partial charge in [-0.15, -0.1) is 0 Å². The Balaban J connectivity index is 1.86. The third-order valence-corrected chi connectivity index (χ3v) is 5.07. The molecule has 2 unspecified atom stereocenters. The summed E-state index contributed by atoms with van der Waals surface area (Å²) in [6.07, 6.45) is 5.55. The summed E-state index contributed by atoms with van der Waals surface area (Å²) < 4.78 is 5.22. The van der Waals surface area contributed by atoms with Gasteiger partial charge >= 0.3 is 0 Å². The maximum absolute atomic E-state index is 9.44. The van der Waals surface area contributed by atoms with Gasteiger partial charge in [0.15, 0.2) is 0 Å². The molecule has 2 fully saturated rings. The molecule has 1 heterocycles. The number of thioether (sulfide) groups is 1. The molecule has 17 heavy (non-hydrogen) atoms. The predicted molar refractivity (Wildman–Crippen MR) is 71.1 cm³/mol. The van der Waals surface area contributed by atoms with Gasteiger partial charge < -0.3 is 4.74 Å². The molecule has 1 saturated carbocycles. The highest BCUT2D eigenvalue weighted by Crippen LogP contribution is 2.38. The maximum atomic E-state index is 9.44. The van der Waals surface area contributed by atoms with E-state index in [-0.39, 0.29) is 5.54 Å². The van der Waals surface area contributed by atoms with Crippen LogP contribution in [0.1, 0.15) is 39.0 Å². The maximum Gasteiger partial charge on any atom is 0.107 e. The fourth-order valence-electron chi connectivity index (χ4n) is 2.57. The van der Waals surface area contributed by atoms with Gasteiger partial charge in [0.25, 0.3) is 0 Å². The van der Waals surface area contributed by atoms with Crippen LogP contribution >= 0.6 is 11.8 Å². The molecule has 2 aliphatic rings. The molecular formula is C13H22N2OS.